The fourth-order valence-electron chi connectivity index (χ4n) is 4.04. The Bertz CT molecular complexity index is 413. The van der Waals surface area contributed by atoms with Crippen molar-refractivity contribution in [2.24, 2.45) is 0 Å². The fourth-order valence-corrected chi connectivity index (χ4v) is 4.04. The van der Waals surface area contributed by atoms with Crippen molar-refractivity contribution in [2.45, 2.75) is 128 Å². The summed E-state index contributed by atoms with van der Waals surface area (Å²) in [5, 5.41) is 20.5. The molecule has 1 aliphatic rings. The minimum absolute atomic E-state index is 0.285. The van der Waals surface area contributed by atoms with E-state index in [0.29, 0.717) is 13.0 Å². The van der Waals surface area contributed by atoms with Crippen LogP contribution in [0, 0.1) is 0 Å². The van der Waals surface area contributed by atoms with Crippen molar-refractivity contribution in [1.82, 2.24) is 5.06 Å². The molecule has 1 atom stereocenters. The molecule has 1 heterocycles. The maximum atomic E-state index is 10.5. The first-order chi connectivity index (χ1) is 12.8. The van der Waals surface area contributed by atoms with Gasteiger partial charge in [-0.05, 0) is 39.5 Å². The molecule has 0 unspecified atom stereocenters. The van der Waals surface area contributed by atoms with E-state index in [1.54, 1.807) is 0 Å². The molecule has 0 aromatic rings. The normalized spacial score (nSPS) is 22.4. The highest BCUT2D eigenvalue weighted by molar-refractivity contribution is 5.66. The molecule has 0 bridgehead atoms. The summed E-state index contributed by atoms with van der Waals surface area (Å²) in [7, 11) is 0. The second-order valence-electron chi connectivity index (χ2n) is 8.85. The van der Waals surface area contributed by atoms with Crippen LogP contribution in [0.25, 0.3) is 0 Å². The summed E-state index contributed by atoms with van der Waals surface area (Å²) >= 11 is 0. The summed E-state index contributed by atoms with van der Waals surface area (Å²) in [5.41, 5.74) is -0.764. The molecule has 160 valence electrons. The first kappa shape index (κ1) is 24.4. The largest absolute Gasteiger partial charge is 0.481 e. The molecule has 0 spiro atoms. The predicted octanol–water partition coefficient (Wildman–Crippen LogP) is 6.14. The Kier molecular flexibility index (Phi) is 11.5. The highest BCUT2D eigenvalue weighted by atomic mass is 16.6. The molecule has 1 fully saturated rings. The van der Waals surface area contributed by atoms with Crippen LogP contribution in [0.1, 0.15) is 117 Å². The summed E-state index contributed by atoms with van der Waals surface area (Å²) in [6, 6.07) is 0. The van der Waals surface area contributed by atoms with Gasteiger partial charge in [0.05, 0.1) is 12.1 Å². The SMILES string of the molecule is CC[C@]1(CCCCCCCCCCCCCCC(=O)O)OCC(C)(C)N1O. The van der Waals surface area contributed by atoms with E-state index in [9.17, 15) is 10.0 Å². The number of nitrogens with zero attached hydrogens (tertiary/aromatic N) is 1. The van der Waals surface area contributed by atoms with Gasteiger partial charge in [-0.1, -0.05) is 71.1 Å². The third-order valence-corrected chi connectivity index (χ3v) is 5.91. The van der Waals surface area contributed by atoms with Crippen LogP contribution in [0.15, 0.2) is 0 Å². The van der Waals surface area contributed by atoms with Crippen LogP contribution < -0.4 is 0 Å². The zero-order valence-electron chi connectivity index (χ0n) is 18.0. The number of carbonyl (C=O) groups is 1. The minimum atomic E-state index is -0.673. The van der Waals surface area contributed by atoms with Gasteiger partial charge in [0, 0.05) is 6.42 Å². The monoisotopic (exact) mass is 385 g/mol. The number of carboxylic acid groups (broad SMARTS) is 1. The minimum Gasteiger partial charge on any atom is -0.481 e. The Morgan fingerprint density at radius 3 is 1.70 bits per heavy atom. The van der Waals surface area contributed by atoms with E-state index in [1.165, 1.54) is 62.9 Å². The van der Waals surface area contributed by atoms with Crippen LogP contribution >= 0.6 is 0 Å². The standard InChI is InChI=1S/C22H43NO4/c1-4-22(23(26)21(2,3)19-27-22)18-16-14-12-10-8-6-5-7-9-11-13-15-17-20(24)25/h26H,4-19H2,1-3H3,(H,24,25)/t22-/m1/s1. The number of hydrogen-bond acceptors (Lipinski definition) is 4. The van der Waals surface area contributed by atoms with E-state index in [2.05, 4.69) is 6.92 Å². The summed E-state index contributed by atoms with van der Waals surface area (Å²) in [6.45, 7) is 6.74. The Hall–Kier alpha value is -0.650. The van der Waals surface area contributed by atoms with Crippen LogP contribution in [0.5, 0.6) is 0 Å². The van der Waals surface area contributed by atoms with Gasteiger partial charge in [0.15, 0.2) is 0 Å². The third-order valence-electron chi connectivity index (χ3n) is 5.91. The number of unbranched alkanes of at least 4 members (excludes halogenated alkanes) is 11. The van der Waals surface area contributed by atoms with Crippen molar-refractivity contribution in [3.63, 3.8) is 0 Å². The molecule has 5 nitrogen and oxygen atoms in total. The molecule has 0 aliphatic carbocycles. The lowest BCUT2D eigenvalue weighted by molar-refractivity contribution is -0.254. The second kappa shape index (κ2) is 12.7. The van der Waals surface area contributed by atoms with Crippen LogP contribution in [0.2, 0.25) is 0 Å². The smallest absolute Gasteiger partial charge is 0.303 e. The van der Waals surface area contributed by atoms with Gasteiger partial charge in [0.1, 0.15) is 5.72 Å². The molecule has 0 aromatic heterocycles. The number of rotatable bonds is 16. The van der Waals surface area contributed by atoms with E-state index < -0.39 is 11.7 Å². The number of ether oxygens (including phenoxy) is 1. The number of aliphatic carboxylic acids is 1. The number of carboxylic acids is 1. The van der Waals surface area contributed by atoms with Crippen molar-refractivity contribution >= 4 is 5.97 Å². The zero-order valence-corrected chi connectivity index (χ0v) is 18.0. The van der Waals surface area contributed by atoms with E-state index in [-0.39, 0.29) is 5.54 Å². The van der Waals surface area contributed by atoms with Crippen LogP contribution in [0.4, 0.5) is 0 Å². The lowest BCUT2D eigenvalue weighted by Crippen LogP contribution is -2.49. The van der Waals surface area contributed by atoms with Crippen molar-refractivity contribution in [3.05, 3.63) is 0 Å². The topological polar surface area (TPSA) is 70.0 Å². The Labute approximate surface area is 166 Å². The molecule has 5 heteroatoms. The van der Waals surface area contributed by atoms with Crippen LogP contribution in [-0.4, -0.2) is 39.2 Å². The maximum Gasteiger partial charge on any atom is 0.303 e. The van der Waals surface area contributed by atoms with Crippen LogP contribution in [-0.2, 0) is 9.53 Å². The molecule has 2 N–H and O–H groups in total. The highest BCUT2D eigenvalue weighted by Gasteiger charge is 2.49. The van der Waals surface area contributed by atoms with Gasteiger partial charge in [-0.25, -0.2) is 0 Å². The van der Waals surface area contributed by atoms with Crippen molar-refractivity contribution < 1.29 is 19.8 Å². The highest BCUT2D eigenvalue weighted by Crippen LogP contribution is 2.39. The van der Waals surface area contributed by atoms with Gasteiger partial charge >= 0.3 is 5.97 Å². The molecule has 1 saturated heterocycles. The van der Waals surface area contributed by atoms with E-state index in [1.807, 2.05) is 13.8 Å². The summed E-state index contributed by atoms with van der Waals surface area (Å²) in [5.74, 6) is -0.673. The van der Waals surface area contributed by atoms with E-state index in [4.69, 9.17) is 9.84 Å². The summed E-state index contributed by atoms with van der Waals surface area (Å²) in [4.78, 5) is 10.4. The number of hydrogen-bond donors (Lipinski definition) is 2. The van der Waals surface area contributed by atoms with Gasteiger partial charge in [0.25, 0.3) is 0 Å². The average Bonchev–Trinajstić information content (AvgIpc) is 2.86. The first-order valence-electron chi connectivity index (χ1n) is 11.2. The van der Waals surface area contributed by atoms with E-state index in [0.717, 1.165) is 32.1 Å². The maximum absolute atomic E-state index is 10.5. The summed E-state index contributed by atoms with van der Waals surface area (Å²) < 4.78 is 5.98. The lowest BCUT2D eigenvalue weighted by Gasteiger charge is -2.36. The van der Waals surface area contributed by atoms with Crippen molar-refractivity contribution in [1.29, 1.82) is 0 Å². The van der Waals surface area contributed by atoms with E-state index >= 15 is 0 Å². The third kappa shape index (κ3) is 8.93. The molecular weight excluding hydrogens is 342 g/mol. The average molecular weight is 386 g/mol. The summed E-state index contributed by atoms with van der Waals surface area (Å²) in [6.07, 6.45) is 16.4. The van der Waals surface area contributed by atoms with Gasteiger partial charge in [-0.3, -0.25) is 4.79 Å². The van der Waals surface area contributed by atoms with Gasteiger partial charge in [0.2, 0.25) is 0 Å². The number of hydroxylamine groups is 2. The molecule has 27 heavy (non-hydrogen) atoms. The van der Waals surface area contributed by atoms with Gasteiger partial charge in [-0.2, -0.15) is 5.06 Å². The van der Waals surface area contributed by atoms with Gasteiger partial charge < -0.3 is 15.1 Å². The predicted molar refractivity (Wildman–Crippen MR) is 109 cm³/mol. The van der Waals surface area contributed by atoms with Gasteiger partial charge in [-0.15, -0.1) is 0 Å². The first-order valence-corrected chi connectivity index (χ1v) is 11.2. The van der Waals surface area contributed by atoms with Crippen molar-refractivity contribution in [2.75, 3.05) is 6.61 Å². The Morgan fingerprint density at radius 1 is 0.889 bits per heavy atom. The molecule has 0 aromatic carbocycles. The molecular formula is C22H43NO4. The molecule has 0 radical (unpaired) electrons. The second-order valence-corrected chi connectivity index (χ2v) is 8.85. The quantitative estimate of drug-likeness (QED) is 0.312. The molecule has 0 saturated carbocycles. The fraction of sp³-hybridized carbons (Fsp3) is 0.955. The van der Waals surface area contributed by atoms with Crippen molar-refractivity contribution in [3.8, 4) is 0 Å². The lowest BCUT2D eigenvalue weighted by atomic mass is 9.98. The molecule has 1 aliphatic heterocycles. The Morgan fingerprint density at radius 2 is 1.33 bits per heavy atom. The van der Waals surface area contributed by atoms with Crippen LogP contribution in [0.3, 0.4) is 0 Å². The Balaban J connectivity index is 1.93. The zero-order chi connectivity index (χ0) is 20.2. The molecule has 0 amide bonds. The molecule has 1 rings (SSSR count).